The molecular weight excluding hydrogens is 270 g/mol. The lowest BCUT2D eigenvalue weighted by Crippen LogP contribution is -1.95. The first-order chi connectivity index (χ1) is 10.1. The highest BCUT2D eigenvalue weighted by molar-refractivity contribution is 5.88. The molecule has 0 fully saturated rings. The molecule has 1 heterocycles. The van der Waals surface area contributed by atoms with Crippen LogP contribution < -0.4 is 5.73 Å². The van der Waals surface area contributed by atoms with Gasteiger partial charge in [0.15, 0.2) is 5.82 Å². The first-order valence-electron chi connectivity index (χ1n) is 6.12. The molecule has 0 aliphatic heterocycles. The number of aromatic nitrogens is 4. The van der Waals surface area contributed by atoms with E-state index < -0.39 is 5.97 Å². The molecule has 0 saturated carbocycles. The number of hydrogen-bond acceptors (Lipinski definition) is 5. The third kappa shape index (κ3) is 2.57. The van der Waals surface area contributed by atoms with Crippen molar-refractivity contribution in [1.29, 1.82) is 0 Å². The molecule has 0 aliphatic rings. The Morgan fingerprint density at radius 2 is 1.76 bits per heavy atom. The molecule has 1 aromatic heterocycles. The largest absolute Gasteiger partial charge is 0.478 e. The third-order valence-corrected chi connectivity index (χ3v) is 3.04. The number of carboxylic acids is 1. The highest BCUT2D eigenvalue weighted by atomic mass is 16.4. The van der Waals surface area contributed by atoms with Gasteiger partial charge in [0.2, 0.25) is 0 Å². The highest BCUT2D eigenvalue weighted by Crippen LogP contribution is 2.27. The van der Waals surface area contributed by atoms with Crippen molar-refractivity contribution < 1.29 is 9.90 Å². The smallest absolute Gasteiger partial charge is 0.335 e. The number of aromatic carboxylic acids is 1. The van der Waals surface area contributed by atoms with Crippen LogP contribution in [0.5, 0.6) is 0 Å². The summed E-state index contributed by atoms with van der Waals surface area (Å²) in [4.78, 5) is 10.9. The van der Waals surface area contributed by atoms with Gasteiger partial charge in [-0.15, -0.1) is 5.10 Å². The maximum Gasteiger partial charge on any atom is 0.335 e. The van der Waals surface area contributed by atoms with Crippen molar-refractivity contribution in [2.45, 2.75) is 0 Å². The summed E-state index contributed by atoms with van der Waals surface area (Å²) in [7, 11) is 0. The molecule has 0 amide bonds. The lowest BCUT2D eigenvalue weighted by atomic mass is 10.0. The molecule has 3 rings (SSSR count). The molecule has 21 heavy (non-hydrogen) atoms. The van der Waals surface area contributed by atoms with Crippen LogP contribution in [0.4, 0.5) is 5.69 Å². The van der Waals surface area contributed by atoms with Crippen LogP contribution in [-0.4, -0.2) is 31.7 Å². The summed E-state index contributed by atoms with van der Waals surface area (Å²) in [5.74, 6) is -0.437. The maximum absolute atomic E-state index is 10.9. The van der Waals surface area contributed by atoms with Gasteiger partial charge in [-0.1, -0.05) is 12.1 Å². The monoisotopic (exact) mass is 281 g/mol. The van der Waals surface area contributed by atoms with Crippen LogP contribution in [0.15, 0.2) is 42.5 Å². The summed E-state index contributed by atoms with van der Waals surface area (Å²) in [6.07, 6.45) is 0. The molecule has 104 valence electrons. The standard InChI is InChI=1S/C14H11N5O2/c15-12-6-10(5-11(7-12)13-16-18-19-17-13)8-1-3-9(4-2-8)14(20)21/h1-7H,15H2,(H,20,21)(H,16,17,18,19). The van der Waals surface area contributed by atoms with E-state index in [-0.39, 0.29) is 5.56 Å². The quantitative estimate of drug-likeness (QED) is 0.630. The van der Waals surface area contributed by atoms with Crippen molar-refractivity contribution in [1.82, 2.24) is 20.6 Å². The molecule has 4 N–H and O–H groups in total. The van der Waals surface area contributed by atoms with E-state index in [0.29, 0.717) is 11.5 Å². The summed E-state index contributed by atoms with van der Waals surface area (Å²) in [5.41, 5.74) is 9.20. The van der Waals surface area contributed by atoms with E-state index in [0.717, 1.165) is 16.7 Å². The molecule has 0 saturated heterocycles. The SMILES string of the molecule is Nc1cc(-c2ccc(C(=O)O)cc2)cc(-c2nnn[nH]2)c1. The Balaban J connectivity index is 2.04. The van der Waals surface area contributed by atoms with Gasteiger partial charge in [-0.05, 0) is 51.9 Å². The maximum atomic E-state index is 10.9. The predicted molar refractivity (Wildman–Crippen MR) is 76.4 cm³/mol. The van der Waals surface area contributed by atoms with Gasteiger partial charge in [0, 0.05) is 11.3 Å². The number of nitrogens with zero attached hydrogens (tertiary/aromatic N) is 3. The highest BCUT2D eigenvalue weighted by Gasteiger charge is 2.08. The Morgan fingerprint density at radius 1 is 1.05 bits per heavy atom. The Kier molecular flexibility index (Phi) is 3.07. The zero-order valence-corrected chi connectivity index (χ0v) is 10.8. The van der Waals surface area contributed by atoms with Gasteiger partial charge in [0.25, 0.3) is 0 Å². The van der Waals surface area contributed by atoms with Crippen molar-refractivity contribution in [3.8, 4) is 22.5 Å². The van der Waals surface area contributed by atoms with E-state index in [4.69, 9.17) is 10.8 Å². The van der Waals surface area contributed by atoms with Crippen LogP contribution in [0.25, 0.3) is 22.5 Å². The minimum absolute atomic E-state index is 0.238. The number of carbonyl (C=O) groups is 1. The van der Waals surface area contributed by atoms with Crippen LogP contribution in [0.1, 0.15) is 10.4 Å². The van der Waals surface area contributed by atoms with Crippen LogP contribution in [0.3, 0.4) is 0 Å². The van der Waals surface area contributed by atoms with Crippen molar-refractivity contribution in [3.63, 3.8) is 0 Å². The lowest BCUT2D eigenvalue weighted by molar-refractivity contribution is 0.0697. The number of benzene rings is 2. The number of rotatable bonds is 3. The molecule has 0 radical (unpaired) electrons. The van der Waals surface area contributed by atoms with E-state index in [9.17, 15) is 4.79 Å². The topological polar surface area (TPSA) is 118 Å². The third-order valence-electron chi connectivity index (χ3n) is 3.04. The number of tetrazole rings is 1. The Hall–Kier alpha value is -3.22. The fraction of sp³-hybridized carbons (Fsp3) is 0. The molecule has 0 atom stereocenters. The fourth-order valence-corrected chi connectivity index (χ4v) is 2.04. The van der Waals surface area contributed by atoms with Crippen LogP contribution in [0, 0.1) is 0 Å². The molecule has 0 bridgehead atoms. The number of hydrogen-bond donors (Lipinski definition) is 3. The van der Waals surface area contributed by atoms with Gasteiger partial charge in [-0.2, -0.15) is 0 Å². The van der Waals surface area contributed by atoms with E-state index in [1.165, 1.54) is 0 Å². The van der Waals surface area contributed by atoms with Crippen molar-refractivity contribution in [2.24, 2.45) is 0 Å². The Bertz CT molecular complexity index is 782. The normalized spacial score (nSPS) is 10.5. The Labute approximate surface area is 119 Å². The predicted octanol–water partition coefficient (Wildman–Crippen LogP) is 1.81. The minimum Gasteiger partial charge on any atom is -0.478 e. The minimum atomic E-state index is -0.956. The molecule has 2 aromatic carbocycles. The summed E-state index contributed by atoms with van der Waals surface area (Å²) in [5, 5.41) is 22.5. The molecule has 7 nitrogen and oxygen atoms in total. The van der Waals surface area contributed by atoms with E-state index in [1.54, 1.807) is 30.3 Å². The zero-order valence-electron chi connectivity index (χ0n) is 10.8. The summed E-state index contributed by atoms with van der Waals surface area (Å²) in [6.45, 7) is 0. The van der Waals surface area contributed by atoms with Gasteiger partial charge in [-0.3, -0.25) is 0 Å². The second-order valence-electron chi connectivity index (χ2n) is 4.48. The zero-order chi connectivity index (χ0) is 14.8. The van der Waals surface area contributed by atoms with Crippen LogP contribution in [-0.2, 0) is 0 Å². The van der Waals surface area contributed by atoms with Crippen molar-refractivity contribution in [2.75, 3.05) is 5.73 Å². The van der Waals surface area contributed by atoms with Crippen molar-refractivity contribution in [3.05, 3.63) is 48.0 Å². The number of aromatic amines is 1. The van der Waals surface area contributed by atoms with Crippen LogP contribution >= 0.6 is 0 Å². The first kappa shape index (κ1) is 12.8. The van der Waals surface area contributed by atoms with E-state index >= 15 is 0 Å². The first-order valence-corrected chi connectivity index (χ1v) is 6.12. The summed E-state index contributed by atoms with van der Waals surface area (Å²) >= 11 is 0. The number of nitrogens with one attached hydrogen (secondary N) is 1. The van der Waals surface area contributed by atoms with Gasteiger partial charge in [-0.25, -0.2) is 9.89 Å². The molecular formula is C14H11N5O2. The molecule has 0 aliphatic carbocycles. The number of nitrogens with two attached hydrogens (primary N) is 1. The average molecular weight is 281 g/mol. The molecule has 7 heteroatoms. The second kappa shape index (κ2) is 5.04. The molecule has 3 aromatic rings. The van der Waals surface area contributed by atoms with Crippen LogP contribution in [0.2, 0.25) is 0 Å². The lowest BCUT2D eigenvalue weighted by Gasteiger charge is -2.06. The number of nitrogen functional groups attached to an aromatic ring is 1. The molecule has 0 unspecified atom stereocenters. The van der Waals surface area contributed by atoms with Crippen molar-refractivity contribution >= 4 is 11.7 Å². The van der Waals surface area contributed by atoms with E-state index in [2.05, 4.69) is 20.6 Å². The fourth-order valence-electron chi connectivity index (χ4n) is 2.04. The average Bonchev–Trinajstić information content (AvgIpc) is 3.01. The van der Waals surface area contributed by atoms with Gasteiger partial charge < -0.3 is 10.8 Å². The second-order valence-corrected chi connectivity index (χ2v) is 4.48. The van der Waals surface area contributed by atoms with Gasteiger partial charge >= 0.3 is 5.97 Å². The number of anilines is 1. The Morgan fingerprint density at radius 3 is 2.38 bits per heavy atom. The van der Waals surface area contributed by atoms with Gasteiger partial charge in [0.1, 0.15) is 0 Å². The van der Waals surface area contributed by atoms with E-state index in [1.807, 2.05) is 12.1 Å². The van der Waals surface area contributed by atoms with Gasteiger partial charge in [0.05, 0.1) is 5.56 Å². The number of carboxylic acid groups (broad SMARTS) is 1. The summed E-state index contributed by atoms with van der Waals surface area (Å²) in [6, 6.07) is 12.0. The summed E-state index contributed by atoms with van der Waals surface area (Å²) < 4.78 is 0. The molecule has 0 spiro atoms. The number of H-pyrrole nitrogens is 1.